The third-order valence-electron chi connectivity index (χ3n) is 3.48. The van der Waals surface area contributed by atoms with Crippen LogP contribution in [0.1, 0.15) is 0 Å². The van der Waals surface area contributed by atoms with Crippen molar-refractivity contribution in [1.82, 2.24) is 0 Å². The third kappa shape index (κ3) is 1.63. The van der Waals surface area contributed by atoms with E-state index in [1.807, 2.05) is 42.5 Å². The van der Waals surface area contributed by atoms with Crippen molar-refractivity contribution in [3.05, 3.63) is 72.8 Å². The number of para-hydroxylation sites is 1. The zero-order chi connectivity index (χ0) is 12.7. The van der Waals surface area contributed by atoms with Crippen molar-refractivity contribution in [2.75, 3.05) is 0 Å². The number of rotatable bonds is 2. The topological polar surface area (TPSA) is 9.23 Å². The van der Waals surface area contributed by atoms with E-state index in [2.05, 4.69) is 30.3 Å². The molecule has 0 saturated carbocycles. The van der Waals surface area contributed by atoms with Crippen LogP contribution in [0.15, 0.2) is 72.8 Å². The predicted molar refractivity (Wildman–Crippen MR) is 79.2 cm³/mol. The molecule has 1 nitrogen and oxygen atoms in total. The van der Waals surface area contributed by atoms with Crippen molar-refractivity contribution in [1.29, 1.82) is 0 Å². The van der Waals surface area contributed by atoms with Gasteiger partial charge in [0.1, 0.15) is 11.5 Å². The summed E-state index contributed by atoms with van der Waals surface area (Å²) in [4.78, 5) is 0. The summed E-state index contributed by atoms with van der Waals surface area (Å²) in [6.07, 6.45) is 0. The van der Waals surface area contributed by atoms with Gasteiger partial charge in [-0.1, -0.05) is 54.6 Å². The van der Waals surface area contributed by atoms with E-state index >= 15 is 0 Å². The second-order valence-corrected chi connectivity index (χ2v) is 4.67. The molecule has 0 saturated heterocycles. The Morgan fingerprint density at radius 1 is 0.579 bits per heavy atom. The number of fused-ring (bicyclic) bond motifs is 2. The molecule has 0 fully saturated rings. The number of benzene rings is 5. The van der Waals surface area contributed by atoms with Crippen molar-refractivity contribution in [3.63, 3.8) is 0 Å². The number of hydrogen-bond donors (Lipinski definition) is 0. The van der Waals surface area contributed by atoms with Crippen LogP contribution < -0.4 is 4.74 Å². The first-order chi connectivity index (χ1) is 9.42. The maximum absolute atomic E-state index is 6.03. The van der Waals surface area contributed by atoms with Gasteiger partial charge < -0.3 is 4.74 Å². The van der Waals surface area contributed by atoms with E-state index in [9.17, 15) is 0 Å². The van der Waals surface area contributed by atoms with Gasteiger partial charge in [0.2, 0.25) is 0 Å². The second-order valence-electron chi connectivity index (χ2n) is 4.67. The Balaban J connectivity index is 1.94. The lowest BCUT2D eigenvalue weighted by Crippen LogP contribution is -1.87. The summed E-state index contributed by atoms with van der Waals surface area (Å²) in [6, 6.07) is 24.7. The average molecular weight is 244 g/mol. The van der Waals surface area contributed by atoms with Crippen molar-refractivity contribution in [2.45, 2.75) is 0 Å². The van der Waals surface area contributed by atoms with Gasteiger partial charge in [-0.3, -0.25) is 0 Å². The Labute approximate surface area is 111 Å². The third-order valence-corrected chi connectivity index (χ3v) is 3.48. The molecule has 1 heteroatoms. The fourth-order valence-corrected chi connectivity index (χ4v) is 2.59. The average Bonchev–Trinajstić information content (AvgIpc) is 2.50. The lowest BCUT2D eigenvalue weighted by Gasteiger charge is -2.12. The van der Waals surface area contributed by atoms with Crippen molar-refractivity contribution in [2.24, 2.45) is 0 Å². The first-order valence-corrected chi connectivity index (χ1v) is 6.38. The highest BCUT2D eigenvalue weighted by Crippen LogP contribution is 2.36. The normalized spacial score (nSPS) is 11.2. The molecule has 5 aromatic carbocycles. The largest absolute Gasteiger partial charge is 0.457 e. The van der Waals surface area contributed by atoms with Gasteiger partial charge in [-0.15, -0.1) is 0 Å². The SMILES string of the molecule is c1ccc(Oc2cccc3c4ccc(cc4)c23)cc1. The van der Waals surface area contributed by atoms with E-state index in [-0.39, 0.29) is 0 Å². The van der Waals surface area contributed by atoms with Gasteiger partial charge in [0.05, 0.1) is 0 Å². The molecule has 5 rings (SSSR count). The molecule has 0 unspecified atom stereocenters. The molecule has 19 heavy (non-hydrogen) atoms. The molecule has 0 atom stereocenters. The van der Waals surface area contributed by atoms with Gasteiger partial charge in [-0.25, -0.2) is 0 Å². The first-order valence-electron chi connectivity index (χ1n) is 6.38. The van der Waals surface area contributed by atoms with Crippen LogP contribution in [0.5, 0.6) is 11.5 Å². The zero-order valence-corrected chi connectivity index (χ0v) is 10.3. The van der Waals surface area contributed by atoms with Gasteiger partial charge in [0, 0.05) is 5.39 Å². The van der Waals surface area contributed by atoms with E-state index in [1.54, 1.807) is 0 Å². The van der Waals surface area contributed by atoms with Crippen LogP contribution in [0.2, 0.25) is 0 Å². The van der Waals surface area contributed by atoms with Crippen molar-refractivity contribution < 1.29 is 4.74 Å². The molecule has 5 aromatic rings. The highest BCUT2D eigenvalue weighted by molar-refractivity contribution is 6.12. The highest BCUT2D eigenvalue weighted by atomic mass is 16.5. The molecule has 0 heterocycles. The molecule has 90 valence electrons. The number of hydrogen-bond acceptors (Lipinski definition) is 1. The van der Waals surface area contributed by atoms with E-state index in [0.29, 0.717) is 0 Å². The minimum absolute atomic E-state index is 0.871. The second kappa shape index (κ2) is 3.99. The van der Waals surface area contributed by atoms with Crippen LogP contribution in [0.3, 0.4) is 0 Å². The monoisotopic (exact) mass is 244 g/mol. The summed E-state index contributed by atoms with van der Waals surface area (Å²) in [7, 11) is 0. The summed E-state index contributed by atoms with van der Waals surface area (Å²) in [5, 5.41) is 4.93. The van der Waals surface area contributed by atoms with E-state index in [4.69, 9.17) is 4.74 Å². The summed E-state index contributed by atoms with van der Waals surface area (Å²) >= 11 is 0. The number of ether oxygens (including phenoxy) is 1. The van der Waals surface area contributed by atoms with Gasteiger partial charge >= 0.3 is 0 Å². The molecule has 0 amide bonds. The van der Waals surface area contributed by atoms with E-state index in [1.165, 1.54) is 21.5 Å². The van der Waals surface area contributed by atoms with Crippen LogP contribution in [0.4, 0.5) is 0 Å². The molecule has 0 N–H and O–H groups in total. The van der Waals surface area contributed by atoms with Gasteiger partial charge in [0.25, 0.3) is 0 Å². The Bertz CT molecular complexity index is 814. The molecular weight excluding hydrogens is 232 g/mol. The molecule has 0 spiro atoms. The van der Waals surface area contributed by atoms with E-state index < -0.39 is 0 Å². The van der Waals surface area contributed by atoms with Crippen LogP contribution in [-0.4, -0.2) is 0 Å². The summed E-state index contributed by atoms with van der Waals surface area (Å²) < 4.78 is 6.03. The smallest absolute Gasteiger partial charge is 0.135 e. The van der Waals surface area contributed by atoms with Crippen LogP contribution in [0, 0.1) is 0 Å². The standard InChI is InChI=1S/C18H12O/c1-2-5-15(6-3-1)19-17-8-4-7-16-13-9-11-14(12-10-13)18(16)17/h1-12H. The molecule has 0 radical (unpaired) electrons. The molecule has 2 bridgehead atoms. The first kappa shape index (κ1) is 10.4. The fourth-order valence-electron chi connectivity index (χ4n) is 2.59. The van der Waals surface area contributed by atoms with Gasteiger partial charge in [0.15, 0.2) is 0 Å². The Hall–Kier alpha value is -2.54. The lowest BCUT2D eigenvalue weighted by molar-refractivity contribution is 0.488. The molecule has 0 aliphatic carbocycles. The zero-order valence-electron chi connectivity index (χ0n) is 10.3. The maximum Gasteiger partial charge on any atom is 0.135 e. The Morgan fingerprint density at radius 2 is 1.32 bits per heavy atom. The van der Waals surface area contributed by atoms with Gasteiger partial charge in [-0.05, 0) is 34.4 Å². The molecular formula is C18H12O. The molecule has 0 aromatic heterocycles. The minimum atomic E-state index is 0.871. The molecule has 0 aliphatic heterocycles. The quantitative estimate of drug-likeness (QED) is 0.469. The van der Waals surface area contributed by atoms with Crippen LogP contribution >= 0.6 is 0 Å². The predicted octanol–water partition coefficient (Wildman–Crippen LogP) is 5.22. The maximum atomic E-state index is 6.03. The minimum Gasteiger partial charge on any atom is -0.457 e. The van der Waals surface area contributed by atoms with Crippen molar-refractivity contribution >= 4 is 21.5 Å². The Kier molecular flexibility index (Phi) is 2.18. The summed E-state index contributed by atoms with van der Waals surface area (Å²) in [5.41, 5.74) is 0. The van der Waals surface area contributed by atoms with E-state index in [0.717, 1.165) is 11.5 Å². The lowest BCUT2D eigenvalue weighted by atomic mass is 9.99. The summed E-state index contributed by atoms with van der Waals surface area (Å²) in [5.74, 6) is 1.79. The summed E-state index contributed by atoms with van der Waals surface area (Å²) in [6.45, 7) is 0. The highest BCUT2D eigenvalue weighted by Gasteiger charge is 2.08. The van der Waals surface area contributed by atoms with Crippen LogP contribution in [0.25, 0.3) is 21.5 Å². The Morgan fingerprint density at radius 3 is 2.11 bits per heavy atom. The van der Waals surface area contributed by atoms with Crippen LogP contribution in [-0.2, 0) is 0 Å². The fraction of sp³-hybridized carbons (Fsp3) is 0. The van der Waals surface area contributed by atoms with Gasteiger partial charge in [-0.2, -0.15) is 0 Å². The van der Waals surface area contributed by atoms with Crippen molar-refractivity contribution in [3.8, 4) is 11.5 Å². The molecule has 0 aliphatic rings.